The summed E-state index contributed by atoms with van der Waals surface area (Å²) < 4.78 is 29.3. The Morgan fingerprint density at radius 1 is 1.06 bits per heavy atom. The molecule has 1 aliphatic carbocycles. The van der Waals surface area contributed by atoms with Gasteiger partial charge in [0.05, 0.1) is 10.6 Å². The number of carbonyl (C=O) groups excluding carboxylic acids is 1. The highest BCUT2D eigenvalue weighted by Gasteiger charge is 2.30. The fourth-order valence-corrected chi connectivity index (χ4v) is 6.86. The molecule has 2 aromatic rings. The summed E-state index contributed by atoms with van der Waals surface area (Å²) in [5, 5.41) is 9.83. The molecule has 4 rings (SSSR count). The summed E-state index contributed by atoms with van der Waals surface area (Å²) in [5.74, 6) is 1.16. The van der Waals surface area contributed by atoms with Gasteiger partial charge in [-0.25, -0.2) is 8.42 Å². The summed E-state index contributed by atoms with van der Waals surface area (Å²) >= 11 is 7.29. The minimum atomic E-state index is -3.59. The van der Waals surface area contributed by atoms with Crippen molar-refractivity contribution < 1.29 is 13.2 Å². The number of amides is 1. The second kappa shape index (κ2) is 10.1. The van der Waals surface area contributed by atoms with Crippen molar-refractivity contribution in [1.82, 2.24) is 24.0 Å². The van der Waals surface area contributed by atoms with Crippen LogP contribution < -0.4 is 0 Å². The number of hydrogen-bond donors (Lipinski definition) is 0. The summed E-state index contributed by atoms with van der Waals surface area (Å²) in [6.45, 7) is 3.27. The minimum Gasteiger partial charge on any atom is -0.339 e. The van der Waals surface area contributed by atoms with Crippen LogP contribution in [0.4, 0.5) is 0 Å². The van der Waals surface area contributed by atoms with Crippen molar-refractivity contribution >= 4 is 39.3 Å². The average molecular weight is 498 g/mol. The SMILES string of the molecule is Cc1nnc(SCC(=O)N2CCN(S(=O)(=O)c3ccc(Cl)cc3)CC2)n1C1CCCCC1. The summed E-state index contributed by atoms with van der Waals surface area (Å²) in [6, 6.07) is 6.57. The molecule has 1 aromatic carbocycles. The fraction of sp³-hybridized carbons (Fsp3) is 0.571. The molecule has 1 aromatic heterocycles. The highest BCUT2D eigenvalue weighted by atomic mass is 35.5. The first kappa shape index (κ1) is 23.5. The van der Waals surface area contributed by atoms with Crippen LogP contribution in [0.3, 0.4) is 0 Å². The molecule has 1 saturated carbocycles. The lowest BCUT2D eigenvalue weighted by Crippen LogP contribution is -2.50. The van der Waals surface area contributed by atoms with Crippen LogP contribution in [0.15, 0.2) is 34.3 Å². The van der Waals surface area contributed by atoms with Crippen LogP contribution in [-0.4, -0.2) is 70.2 Å². The molecule has 0 bridgehead atoms. The van der Waals surface area contributed by atoms with E-state index in [4.69, 9.17) is 11.6 Å². The van der Waals surface area contributed by atoms with Gasteiger partial charge in [0.25, 0.3) is 0 Å². The van der Waals surface area contributed by atoms with Crippen LogP contribution in [0.2, 0.25) is 5.02 Å². The molecule has 0 radical (unpaired) electrons. The fourth-order valence-electron chi connectivity index (χ4n) is 4.36. The van der Waals surface area contributed by atoms with Gasteiger partial charge in [-0.05, 0) is 44.0 Å². The Balaban J connectivity index is 1.32. The first-order chi connectivity index (χ1) is 15.4. The number of aromatic nitrogens is 3. The largest absolute Gasteiger partial charge is 0.339 e. The number of rotatable bonds is 6. The lowest BCUT2D eigenvalue weighted by Gasteiger charge is -2.34. The summed E-state index contributed by atoms with van der Waals surface area (Å²) in [4.78, 5) is 14.7. The monoisotopic (exact) mass is 497 g/mol. The van der Waals surface area contributed by atoms with Gasteiger partial charge in [-0.1, -0.05) is 42.6 Å². The topological polar surface area (TPSA) is 88.4 Å². The van der Waals surface area contributed by atoms with E-state index in [2.05, 4.69) is 14.8 Å². The van der Waals surface area contributed by atoms with E-state index < -0.39 is 10.0 Å². The number of halogens is 1. The maximum absolute atomic E-state index is 12.8. The predicted molar refractivity (Wildman–Crippen MR) is 124 cm³/mol. The number of sulfonamides is 1. The predicted octanol–water partition coefficient (Wildman–Crippen LogP) is 3.37. The molecule has 1 aliphatic heterocycles. The van der Waals surface area contributed by atoms with Gasteiger partial charge in [0.2, 0.25) is 15.9 Å². The van der Waals surface area contributed by atoms with E-state index in [-0.39, 0.29) is 29.6 Å². The van der Waals surface area contributed by atoms with Crippen molar-refractivity contribution in [3.8, 4) is 0 Å². The molecule has 11 heteroatoms. The Morgan fingerprint density at radius 3 is 2.38 bits per heavy atom. The first-order valence-electron chi connectivity index (χ1n) is 10.9. The zero-order valence-corrected chi connectivity index (χ0v) is 20.5. The maximum atomic E-state index is 12.8. The third-order valence-electron chi connectivity index (χ3n) is 6.14. The van der Waals surface area contributed by atoms with Gasteiger partial charge in [0, 0.05) is 37.2 Å². The molecule has 2 fully saturated rings. The molecular weight excluding hydrogens is 470 g/mol. The lowest BCUT2D eigenvalue weighted by atomic mass is 9.95. The lowest BCUT2D eigenvalue weighted by molar-refractivity contribution is -0.129. The molecule has 174 valence electrons. The molecule has 0 atom stereocenters. The number of nitrogens with zero attached hydrogens (tertiary/aromatic N) is 5. The van der Waals surface area contributed by atoms with Gasteiger partial charge in [-0.3, -0.25) is 4.79 Å². The highest BCUT2D eigenvalue weighted by molar-refractivity contribution is 7.99. The number of piperazine rings is 1. The van der Waals surface area contributed by atoms with E-state index in [1.165, 1.54) is 47.5 Å². The second-order valence-electron chi connectivity index (χ2n) is 8.22. The number of thioether (sulfide) groups is 1. The summed E-state index contributed by atoms with van der Waals surface area (Å²) in [7, 11) is -3.59. The minimum absolute atomic E-state index is 0.00520. The normalized spacial score (nSPS) is 18.8. The molecule has 0 unspecified atom stereocenters. The Bertz CT molecular complexity index is 1040. The number of carbonyl (C=O) groups is 1. The highest BCUT2D eigenvalue weighted by Crippen LogP contribution is 2.32. The molecule has 2 heterocycles. The van der Waals surface area contributed by atoms with E-state index in [1.54, 1.807) is 17.0 Å². The Morgan fingerprint density at radius 2 is 1.72 bits per heavy atom. The summed E-state index contributed by atoms with van der Waals surface area (Å²) in [5.41, 5.74) is 0. The van der Waals surface area contributed by atoms with Crippen LogP contribution in [0.5, 0.6) is 0 Å². The van der Waals surface area contributed by atoms with Gasteiger partial charge in [-0.2, -0.15) is 4.31 Å². The molecular formula is C21H28ClN5O3S2. The van der Waals surface area contributed by atoms with Gasteiger partial charge in [-0.15, -0.1) is 10.2 Å². The molecule has 32 heavy (non-hydrogen) atoms. The van der Waals surface area contributed by atoms with Gasteiger partial charge in [0.1, 0.15) is 5.82 Å². The van der Waals surface area contributed by atoms with Crippen molar-refractivity contribution in [2.45, 2.75) is 55.1 Å². The third kappa shape index (κ3) is 5.13. The third-order valence-corrected chi connectivity index (χ3v) is 9.24. The zero-order valence-electron chi connectivity index (χ0n) is 18.1. The van der Waals surface area contributed by atoms with E-state index in [9.17, 15) is 13.2 Å². The van der Waals surface area contributed by atoms with Crippen molar-refractivity contribution in [2.24, 2.45) is 0 Å². The molecule has 1 amide bonds. The van der Waals surface area contributed by atoms with E-state index in [0.717, 1.165) is 23.8 Å². The van der Waals surface area contributed by atoms with Crippen LogP contribution in [0.1, 0.15) is 44.0 Å². The van der Waals surface area contributed by atoms with Crippen molar-refractivity contribution in [2.75, 3.05) is 31.9 Å². The van der Waals surface area contributed by atoms with Crippen LogP contribution in [-0.2, 0) is 14.8 Å². The molecule has 0 N–H and O–H groups in total. The standard InChI is InChI=1S/C21H28ClN5O3S2/c1-16-23-24-21(27(16)18-5-3-2-4-6-18)31-15-20(28)25-11-13-26(14-12-25)32(29,30)19-9-7-17(22)8-10-19/h7-10,18H,2-6,11-15H2,1H3. The molecule has 2 aliphatic rings. The van der Waals surface area contributed by atoms with Gasteiger partial charge >= 0.3 is 0 Å². The van der Waals surface area contributed by atoms with Gasteiger partial charge in [0.15, 0.2) is 5.16 Å². The second-order valence-corrected chi connectivity index (χ2v) is 11.5. The van der Waals surface area contributed by atoms with Crippen molar-refractivity contribution in [1.29, 1.82) is 0 Å². The molecule has 0 spiro atoms. The Hall–Kier alpha value is -1.62. The van der Waals surface area contributed by atoms with Gasteiger partial charge < -0.3 is 9.47 Å². The number of aryl methyl sites for hydroxylation is 1. The van der Waals surface area contributed by atoms with Crippen molar-refractivity contribution in [3.63, 3.8) is 0 Å². The maximum Gasteiger partial charge on any atom is 0.243 e. The smallest absolute Gasteiger partial charge is 0.243 e. The first-order valence-corrected chi connectivity index (χ1v) is 13.7. The number of benzene rings is 1. The zero-order chi connectivity index (χ0) is 22.7. The van der Waals surface area contributed by atoms with Crippen LogP contribution in [0.25, 0.3) is 0 Å². The molecule has 1 saturated heterocycles. The van der Waals surface area contributed by atoms with Crippen LogP contribution in [0, 0.1) is 6.92 Å². The Labute approximate surface area is 198 Å². The number of hydrogen-bond acceptors (Lipinski definition) is 6. The molecule has 8 nitrogen and oxygen atoms in total. The van der Waals surface area contributed by atoms with Crippen LogP contribution >= 0.6 is 23.4 Å². The van der Waals surface area contributed by atoms with E-state index in [0.29, 0.717) is 24.2 Å². The van der Waals surface area contributed by atoms with Crippen molar-refractivity contribution in [3.05, 3.63) is 35.1 Å². The Kier molecular flexibility index (Phi) is 7.44. The van der Waals surface area contributed by atoms with E-state index in [1.807, 2.05) is 6.92 Å². The summed E-state index contributed by atoms with van der Waals surface area (Å²) in [6.07, 6.45) is 5.97. The average Bonchev–Trinajstić information content (AvgIpc) is 3.18. The quantitative estimate of drug-likeness (QED) is 0.568. The van der Waals surface area contributed by atoms with E-state index >= 15 is 0 Å².